The summed E-state index contributed by atoms with van der Waals surface area (Å²) < 4.78 is 17.9. The molecule has 0 saturated heterocycles. The number of benzene rings is 2. The molecule has 0 spiro atoms. The number of carbonyl (C=O) groups is 2. The Kier molecular flexibility index (Phi) is 6.31. The van der Waals surface area contributed by atoms with E-state index < -0.39 is 24.3 Å². The highest BCUT2D eigenvalue weighted by Gasteiger charge is 2.09. The van der Waals surface area contributed by atoms with Crippen molar-refractivity contribution in [3.63, 3.8) is 0 Å². The molecule has 6 heteroatoms. The average Bonchev–Trinajstić information content (AvgIpc) is 2.57. The molecule has 0 aliphatic carbocycles. The summed E-state index contributed by atoms with van der Waals surface area (Å²) in [4.78, 5) is 23.6. The van der Waals surface area contributed by atoms with Crippen LogP contribution >= 0.6 is 11.6 Å². The van der Waals surface area contributed by atoms with E-state index in [1.807, 2.05) is 32.0 Å². The number of amides is 1. The number of aryl methyl sites for hydroxylation is 2. The maximum absolute atomic E-state index is 13.1. The Balaban J connectivity index is 1.88. The molecule has 0 unspecified atom stereocenters. The monoisotopic (exact) mass is 361 g/mol. The van der Waals surface area contributed by atoms with Crippen molar-refractivity contribution in [1.29, 1.82) is 0 Å². The normalized spacial score (nSPS) is 10.7. The van der Waals surface area contributed by atoms with Gasteiger partial charge in [-0.1, -0.05) is 35.9 Å². The molecular weight excluding hydrogens is 345 g/mol. The summed E-state index contributed by atoms with van der Waals surface area (Å²) in [6, 6.07) is 9.71. The minimum absolute atomic E-state index is 0.0384. The minimum atomic E-state index is -0.683. The van der Waals surface area contributed by atoms with E-state index in [2.05, 4.69) is 5.32 Å². The smallest absolute Gasteiger partial charge is 0.331 e. The number of nitrogens with one attached hydrogen (secondary N) is 1. The molecule has 0 aliphatic heterocycles. The van der Waals surface area contributed by atoms with Gasteiger partial charge < -0.3 is 10.1 Å². The molecule has 4 nitrogen and oxygen atoms in total. The summed E-state index contributed by atoms with van der Waals surface area (Å²) in [6.45, 7) is 3.36. The predicted molar refractivity (Wildman–Crippen MR) is 95.9 cm³/mol. The zero-order valence-corrected chi connectivity index (χ0v) is 14.6. The van der Waals surface area contributed by atoms with Gasteiger partial charge in [0.1, 0.15) is 5.82 Å². The number of rotatable bonds is 5. The molecule has 0 bridgehead atoms. The van der Waals surface area contributed by atoms with E-state index in [0.717, 1.165) is 17.2 Å². The highest BCUT2D eigenvalue weighted by Crippen LogP contribution is 2.19. The summed E-state index contributed by atoms with van der Waals surface area (Å²) in [5.74, 6) is -1.65. The molecule has 1 amide bonds. The number of ether oxygens (including phenoxy) is 1. The van der Waals surface area contributed by atoms with Crippen molar-refractivity contribution < 1.29 is 18.7 Å². The highest BCUT2D eigenvalue weighted by molar-refractivity contribution is 6.30. The standard InChI is InChI=1S/C19H17ClFNO3/c1-12-4-3-5-13(2)19(12)22-17(23)11-25-18(24)9-7-14-6-8-16(21)15(20)10-14/h3-10H,11H2,1-2H3,(H,22,23)/b9-7+. The van der Waals surface area contributed by atoms with Gasteiger partial charge in [0.25, 0.3) is 5.91 Å². The van der Waals surface area contributed by atoms with Crippen molar-refractivity contribution in [3.05, 3.63) is 70.0 Å². The molecule has 0 saturated carbocycles. The molecule has 0 atom stereocenters. The van der Waals surface area contributed by atoms with Crippen LogP contribution in [0, 0.1) is 19.7 Å². The van der Waals surface area contributed by atoms with Crippen LogP contribution in [0.5, 0.6) is 0 Å². The van der Waals surface area contributed by atoms with Crippen LogP contribution in [0.4, 0.5) is 10.1 Å². The molecule has 0 aromatic heterocycles. The van der Waals surface area contributed by atoms with E-state index in [4.69, 9.17) is 16.3 Å². The molecule has 2 aromatic carbocycles. The topological polar surface area (TPSA) is 55.4 Å². The van der Waals surface area contributed by atoms with Gasteiger partial charge in [-0.25, -0.2) is 9.18 Å². The van der Waals surface area contributed by atoms with Crippen LogP contribution in [0.3, 0.4) is 0 Å². The number of halogens is 2. The number of anilines is 1. The van der Waals surface area contributed by atoms with Crippen molar-refractivity contribution in [3.8, 4) is 0 Å². The van der Waals surface area contributed by atoms with Crippen molar-refractivity contribution in [2.45, 2.75) is 13.8 Å². The van der Waals surface area contributed by atoms with Gasteiger partial charge in [-0.15, -0.1) is 0 Å². The van der Waals surface area contributed by atoms with E-state index in [0.29, 0.717) is 11.3 Å². The second-order valence-electron chi connectivity index (χ2n) is 5.43. The maximum atomic E-state index is 13.1. The number of para-hydroxylation sites is 1. The summed E-state index contributed by atoms with van der Waals surface area (Å²) in [5, 5.41) is 2.68. The molecule has 0 aliphatic rings. The Morgan fingerprint density at radius 3 is 2.52 bits per heavy atom. The zero-order valence-electron chi connectivity index (χ0n) is 13.8. The number of hydrogen-bond donors (Lipinski definition) is 1. The second kappa shape index (κ2) is 8.44. The maximum Gasteiger partial charge on any atom is 0.331 e. The van der Waals surface area contributed by atoms with Crippen molar-refractivity contribution in [1.82, 2.24) is 0 Å². The fraction of sp³-hybridized carbons (Fsp3) is 0.158. The minimum Gasteiger partial charge on any atom is -0.452 e. The van der Waals surface area contributed by atoms with E-state index in [1.54, 1.807) is 0 Å². The van der Waals surface area contributed by atoms with E-state index in [1.165, 1.54) is 24.3 Å². The average molecular weight is 362 g/mol. The summed E-state index contributed by atoms with van der Waals surface area (Å²) in [5.41, 5.74) is 3.10. The van der Waals surface area contributed by atoms with Crippen LogP contribution in [0.25, 0.3) is 6.08 Å². The Morgan fingerprint density at radius 2 is 1.88 bits per heavy atom. The van der Waals surface area contributed by atoms with Crippen LogP contribution in [0.15, 0.2) is 42.5 Å². The molecule has 0 heterocycles. The van der Waals surface area contributed by atoms with Crippen molar-refractivity contribution in [2.75, 3.05) is 11.9 Å². The molecule has 2 rings (SSSR count). The molecule has 0 radical (unpaired) electrons. The fourth-order valence-corrected chi connectivity index (χ4v) is 2.34. The third-order valence-electron chi connectivity index (χ3n) is 3.45. The fourth-order valence-electron chi connectivity index (χ4n) is 2.15. The van der Waals surface area contributed by atoms with Gasteiger partial charge in [0.2, 0.25) is 0 Å². The number of esters is 1. The first-order chi connectivity index (χ1) is 11.9. The molecule has 130 valence electrons. The SMILES string of the molecule is Cc1cccc(C)c1NC(=O)COC(=O)/C=C/c1ccc(F)c(Cl)c1. The molecule has 2 aromatic rings. The van der Waals surface area contributed by atoms with Gasteiger partial charge >= 0.3 is 5.97 Å². The Labute approximate surface area is 150 Å². The summed E-state index contributed by atoms with van der Waals surface area (Å²) in [6.07, 6.45) is 2.58. The van der Waals surface area contributed by atoms with E-state index >= 15 is 0 Å². The quantitative estimate of drug-likeness (QED) is 0.638. The Morgan fingerprint density at radius 1 is 1.20 bits per heavy atom. The molecular formula is C19H17ClFNO3. The van der Waals surface area contributed by atoms with Crippen molar-refractivity contribution in [2.24, 2.45) is 0 Å². The van der Waals surface area contributed by atoms with Crippen LogP contribution in [0.1, 0.15) is 16.7 Å². The molecule has 25 heavy (non-hydrogen) atoms. The molecule has 1 N–H and O–H groups in total. The van der Waals surface area contributed by atoms with Crippen LogP contribution in [-0.4, -0.2) is 18.5 Å². The van der Waals surface area contributed by atoms with Crippen LogP contribution in [0.2, 0.25) is 5.02 Å². The van der Waals surface area contributed by atoms with Crippen LogP contribution < -0.4 is 5.32 Å². The van der Waals surface area contributed by atoms with Crippen molar-refractivity contribution >= 4 is 35.2 Å². The molecule has 0 fully saturated rings. The number of hydrogen-bond acceptors (Lipinski definition) is 3. The second-order valence-corrected chi connectivity index (χ2v) is 5.84. The third kappa shape index (κ3) is 5.43. The summed E-state index contributed by atoms with van der Waals surface area (Å²) >= 11 is 5.66. The Bertz CT molecular complexity index is 813. The zero-order chi connectivity index (χ0) is 18.4. The van der Waals surface area contributed by atoms with Gasteiger partial charge in [0.05, 0.1) is 5.02 Å². The lowest BCUT2D eigenvalue weighted by molar-refractivity contribution is -0.142. The third-order valence-corrected chi connectivity index (χ3v) is 3.74. The first kappa shape index (κ1) is 18.7. The summed E-state index contributed by atoms with van der Waals surface area (Å²) in [7, 11) is 0. The van der Waals surface area contributed by atoms with Gasteiger partial charge in [0.15, 0.2) is 6.61 Å². The van der Waals surface area contributed by atoms with Gasteiger partial charge in [-0.05, 0) is 48.7 Å². The lowest BCUT2D eigenvalue weighted by Crippen LogP contribution is -2.21. The first-order valence-electron chi connectivity index (χ1n) is 7.53. The van der Waals surface area contributed by atoms with Gasteiger partial charge in [-0.3, -0.25) is 4.79 Å². The largest absolute Gasteiger partial charge is 0.452 e. The highest BCUT2D eigenvalue weighted by atomic mass is 35.5. The predicted octanol–water partition coefficient (Wildman–Crippen LogP) is 4.29. The van der Waals surface area contributed by atoms with Crippen LogP contribution in [-0.2, 0) is 14.3 Å². The number of carbonyl (C=O) groups excluding carboxylic acids is 2. The lowest BCUT2D eigenvalue weighted by atomic mass is 10.1. The lowest BCUT2D eigenvalue weighted by Gasteiger charge is -2.11. The van der Waals surface area contributed by atoms with Gasteiger partial charge in [-0.2, -0.15) is 0 Å². The first-order valence-corrected chi connectivity index (χ1v) is 7.90. The Hall–Kier alpha value is -2.66. The van der Waals surface area contributed by atoms with Gasteiger partial charge in [0, 0.05) is 11.8 Å². The van der Waals surface area contributed by atoms with E-state index in [9.17, 15) is 14.0 Å². The van der Waals surface area contributed by atoms with E-state index in [-0.39, 0.29) is 5.02 Å².